The van der Waals surface area contributed by atoms with Gasteiger partial charge < -0.3 is 14.6 Å². The van der Waals surface area contributed by atoms with Crippen LogP contribution in [0.2, 0.25) is 0 Å². The molecule has 0 radical (unpaired) electrons. The smallest absolute Gasteiger partial charge is 0.226 e. The monoisotopic (exact) mass is 386 g/mol. The molecule has 1 aromatic heterocycles. The number of hydrogen-bond donors (Lipinski definition) is 1. The first kappa shape index (κ1) is 20.5. The van der Waals surface area contributed by atoms with Crippen LogP contribution in [0.4, 0.5) is 0 Å². The molecule has 7 nitrogen and oxygen atoms in total. The number of amides is 1. The topological polar surface area (TPSA) is 80.5 Å². The Morgan fingerprint density at radius 2 is 1.86 bits per heavy atom. The van der Waals surface area contributed by atoms with Gasteiger partial charge in [0.2, 0.25) is 11.8 Å². The van der Waals surface area contributed by atoms with E-state index in [-0.39, 0.29) is 18.1 Å². The fourth-order valence-corrected chi connectivity index (χ4v) is 3.57. The molecule has 2 atom stereocenters. The second-order valence-corrected chi connectivity index (χ2v) is 7.63. The number of carbonyl (C=O) groups is 1. The normalized spacial score (nSPS) is 20.2. The molecule has 0 spiro atoms. The maximum Gasteiger partial charge on any atom is 0.226 e. The molecule has 1 saturated heterocycles. The summed E-state index contributed by atoms with van der Waals surface area (Å²) in [7, 11) is 0. The van der Waals surface area contributed by atoms with Crippen molar-refractivity contribution in [1.29, 1.82) is 0 Å². The molecule has 1 amide bonds. The van der Waals surface area contributed by atoms with Crippen molar-refractivity contribution in [2.75, 3.05) is 13.1 Å². The highest BCUT2D eigenvalue weighted by Crippen LogP contribution is 2.15. The highest BCUT2D eigenvalue weighted by molar-refractivity contribution is 5.75. The first-order valence-corrected chi connectivity index (χ1v) is 9.99. The van der Waals surface area contributed by atoms with E-state index < -0.39 is 0 Å². The van der Waals surface area contributed by atoms with Gasteiger partial charge in [-0.2, -0.15) is 4.98 Å². The van der Waals surface area contributed by atoms with E-state index in [9.17, 15) is 4.79 Å². The largest absolute Gasteiger partial charge is 0.373 e. The molecule has 0 bridgehead atoms. The zero-order valence-electron chi connectivity index (χ0n) is 17.0. The van der Waals surface area contributed by atoms with Crippen molar-refractivity contribution in [1.82, 2.24) is 20.4 Å². The van der Waals surface area contributed by atoms with Gasteiger partial charge in [-0.15, -0.1) is 0 Å². The Hall–Kier alpha value is -2.25. The minimum atomic E-state index is 0.0385. The van der Waals surface area contributed by atoms with Gasteiger partial charge >= 0.3 is 0 Å². The molecule has 1 aliphatic rings. The van der Waals surface area contributed by atoms with Crippen LogP contribution in [0.1, 0.15) is 49.5 Å². The molecule has 0 aliphatic carbocycles. The van der Waals surface area contributed by atoms with Crippen LogP contribution >= 0.6 is 0 Å². The lowest BCUT2D eigenvalue weighted by Gasteiger charge is -2.35. The van der Waals surface area contributed by atoms with Gasteiger partial charge in [0.1, 0.15) is 0 Å². The number of aromatic nitrogens is 2. The number of benzene rings is 1. The molecule has 2 heterocycles. The van der Waals surface area contributed by atoms with E-state index in [1.165, 1.54) is 5.56 Å². The van der Waals surface area contributed by atoms with E-state index in [0.29, 0.717) is 37.5 Å². The van der Waals surface area contributed by atoms with Crippen LogP contribution in [-0.2, 0) is 29.0 Å². The Bertz CT molecular complexity index is 749. The van der Waals surface area contributed by atoms with E-state index >= 15 is 0 Å². The number of hydrogen-bond acceptors (Lipinski definition) is 6. The van der Waals surface area contributed by atoms with E-state index in [2.05, 4.69) is 58.5 Å². The van der Waals surface area contributed by atoms with Gasteiger partial charge in [-0.25, -0.2) is 0 Å². The van der Waals surface area contributed by atoms with Crippen molar-refractivity contribution < 1.29 is 14.1 Å². The molecule has 2 aromatic rings. The Balaban J connectivity index is 1.37. The third-order valence-corrected chi connectivity index (χ3v) is 4.78. The van der Waals surface area contributed by atoms with Crippen molar-refractivity contribution in [3.63, 3.8) is 0 Å². The summed E-state index contributed by atoms with van der Waals surface area (Å²) in [5.74, 6) is 1.25. The summed E-state index contributed by atoms with van der Waals surface area (Å²) in [6.07, 6.45) is 2.33. The molecular formula is C21H30N4O3. The quantitative estimate of drug-likeness (QED) is 0.751. The molecule has 1 N–H and O–H groups in total. The predicted molar refractivity (Wildman–Crippen MR) is 106 cm³/mol. The Morgan fingerprint density at radius 1 is 1.18 bits per heavy atom. The third-order valence-electron chi connectivity index (χ3n) is 4.78. The Morgan fingerprint density at radius 3 is 2.50 bits per heavy atom. The Kier molecular flexibility index (Phi) is 7.17. The van der Waals surface area contributed by atoms with Crippen molar-refractivity contribution in [3.05, 3.63) is 47.1 Å². The lowest BCUT2D eigenvalue weighted by Crippen LogP contribution is -2.44. The number of nitrogens with zero attached hydrogens (tertiary/aromatic N) is 3. The summed E-state index contributed by atoms with van der Waals surface area (Å²) in [5.41, 5.74) is 2.39. The number of nitrogens with one attached hydrogen (secondary N) is 1. The fourth-order valence-electron chi connectivity index (χ4n) is 3.57. The molecule has 3 rings (SSSR count). The molecule has 2 unspecified atom stereocenters. The standard InChI is InChI=1S/C21H30N4O3/c1-15-12-25(13-16(2)27-15)14-19-9-7-18(8-10-19)11-22-20(26)5-4-6-21-23-17(3)24-28-21/h7-10,15-16H,4-6,11-14H2,1-3H3,(H,22,26). The molecule has 28 heavy (non-hydrogen) atoms. The molecular weight excluding hydrogens is 356 g/mol. The van der Waals surface area contributed by atoms with Gasteiger partial charge in [-0.3, -0.25) is 9.69 Å². The lowest BCUT2D eigenvalue weighted by molar-refractivity contribution is -0.121. The summed E-state index contributed by atoms with van der Waals surface area (Å²) in [6, 6.07) is 8.46. The molecule has 152 valence electrons. The third kappa shape index (κ3) is 6.42. The van der Waals surface area contributed by atoms with Crippen LogP contribution in [0.3, 0.4) is 0 Å². The fraction of sp³-hybridized carbons (Fsp3) is 0.571. The maximum atomic E-state index is 12.0. The molecule has 1 aromatic carbocycles. The summed E-state index contributed by atoms with van der Waals surface area (Å²) in [5, 5.41) is 6.72. The summed E-state index contributed by atoms with van der Waals surface area (Å²) >= 11 is 0. The number of aryl methyl sites for hydroxylation is 2. The number of rotatable bonds is 8. The molecule has 1 fully saturated rings. The Labute approximate surface area is 166 Å². The minimum absolute atomic E-state index is 0.0385. The summed E-state index contributed by atoms with van der Waals surface area (Å²) in [4.78, 5) is 18.6. The zero-order chi connectivity index (χ0) is 19.9. The molecule has 7 heteroatoms. The van der Waals surface area contributed by atoms with Crippen LogP contribution < -0.4 is 5.32 Å². The van der Waals surface area contributed by atoms with Crippen LogP contribution in [-0.4, -0.2) is 46.2 Å². The lowest BCUT2D eigenvalue weighted by atomic mass is 10.1. The predicted octanol–water partition coefficient (Wildman–Crippen LogP) is 2.63. The van der Waals surface area contributed by atoms with E-state index in [4.69, 9.17) is 9.26 Å². The van der Waals surface area contributed by atoms with Crippen molar-refractivity contribution in [2.24, 2.45) is 0 Å². The minimum Gasteiger partial charge on any atom is -0.373 e. The number of morpholine rings is 1. The van der Waals surface area contributed by atoms with Gasteiger partial charge in [-0.05, 0) is 38.3 Å². The maximum absolute atomic E-state index is 12.0. The van der Waals surface area contributed by atoms with Crippen LogP contribution in [0.15, 0.2) is 28.8 Å². The van der Waals surface area contributed by atoms with Gasteiger partial charge in [0.05, 0.1) is 12.2 Å². The van der Waals surface area contributed by atoms with Gasteiger partial charge in [0.25, 0.3) is 0 Å². The first-order chi connectivity index (χ1) is 13.5. The number of ether oxygens (including phenoxy) is 1. The first-order valence-electron chi connectivity index (χ1n) is 9.99. The molecule has 1 aliphatic heterocycles. The van der Waals surface area contributed by atoms with E-state index in [1.54, 1.807) is 6.92 Å². The zero-order valence-corrected chi connectivity index (χ0v) is 17.0. The van der Waals surface area contributed by atoms with Gasteiger partial charge in [0.15, 0.2) is 5.82 Å². The number of carbonyl (C=O) groups excluding carboxylic acids is 1. The van der Waals surface area contributed by atoms with Crippen molar-refractivity contribution >= 4 is 5.91 Å². The highest BCUT2D eigenvalue weighted by atomic mass is 16.5. The molecule has 0 saturated carbocycles. The average molecular weight is 386 g/mol. The highest BCUT2D eigenvalue weighted by Gasteiger charge is 2.21. The van der Waals surface area contributed by atoms with Crippen LogP contribution in [0.5, 0.6) is 0 Å². The van der Waals surface area contributed by atoms with Crippen molar-refractivity contribution in [3.8, 4) is 0 Å². The summed E-state index contributed by atoms with van der Waals surface area (Å²) in [6.45, 7) is 9.43. The van der Waals surface area contributed by atoms with E-state index in [1.807, 2.05) is 0 Å². The SMILES string of the molecule is Cc1noc(CCCC(=O)NCc2ccc(CN3CC(C)OC(C)C3)cc2)n1. The van der Waals surface area contributed by atoms with Gasteiger partial charge in [0, 0.05) is 39.0 Å². The van der Waals surface area contributed by atoms with Crippen LogP contribution in [0.25, 0.3) is 0 Å². The average Bonchev–Trinajstić information content (AvgIpc) is 3.05. The second kappa shape index (κ2) is 9.80. The van der Waals surface area contributed by atoms with Crippen molar-refractivity contribution in [2.45, 2.75) is 65.3 Å². The van der Waals surface area contributed by atoms with E-state index in [0.717, 1.165) is 25.2 Å². The van der Waals surface area contributed by atoms with Gasteiger partial charge in [-0.1, -0.05) is 29.4 Å². The second-order valence-electron chi connectivity index (χ2n) is 7.63. The van der Waals surface area contributed by atoms with Crippen LogP contribution in [0, 0.1) is 6.92 Å². The summed E-state index contributed by atoms with van der Waals surface area (Å²) < 4.78 is 10.8.